The highest BCUT2D eigenvalue weighted by atomic mass is 32.2. The van der Waals surface area contributed by atoms with Crippen LogP contribution in [0.3, 0.4) is 0 Å². The van der Waals surface area contributed by atoms with Crippen LogP contribution in [0.5, 0.6) is 0 Å². The number of anilines is 1. The average Bonchev–Trinajstić information content (AvgIpc) is 2.60. The second-order valence-electron chi connectivity index (χ2n) is 5.93. The average molecular weight is 476 g/mol. The number of rotatable bonds is 7. The smallest absolute Gasteiger partial charge is 0.284 e. The Kier molecular flexibility index (Phi) is 6.73. The van der Waals surface area contributed by atoms with Crippen molar-refractivity contribution in [2.24, 2.45) is 0 Å². The van der Waals surface area contributed by atoms with E-state index in [1.807, 2.05) is 0 Å². The Bertz CT molecular complexity index is 1070. The van der Waals surface area contributed by atoms with Gasteiger partial charge in [0, 0.05) is 12.2 Å². The number of sulfonamides is 2. The molecule has 0 bridgehead atoms. The SMILES string of the molecule is O=S(=O)(CCNS(=O)(=O)c1cc(C(F)(F)F)cc(C(F)(F)F)c1)Nc1ccccc1. The van der Waals surface area contributed by atoms with Crippen LogP contribution in [0.4, 0.5) is 32.0 Å². The molecule has 0 atom stereocenters. The van der Waals surface area contributed by atoms with E-state index in [0.29, 0.717) is 0 Å². The largest absolute Gasteiger partial charge is 0.416 e. The van der Waals surface area contributed by atoms with Crippen LogP contribution in [0, 0.1) is 0 Å². The summed E-state index contributed by atoms with van der Waals surface area (Å²) in [4.78, 5) is -1.29. The topological polar surface area (TPSA) is 92.3 Å². The normalized spacial score (nSPS) is 13.3. The highest BCUT2D eigenvalue weighted by molar-refractivity contribution is 7.92. The highest BCUT2D eigenvalue weighted by Gasteiger charge is 2.38. The lowest BCUT2D eigenvalue weighted by Gasteiger charge is -2.15. The summed E-state index contributed by atoms with van der Waals surface area (Å²) in [5, 5.41) is 0. The molecule has 0 aliphatic rings. The van der Waals surface area contributed by atoms with Crippen LogP contribution in [0.2, 0.25) is 0 Å². The van der Waals surface area contributed by atoms with E-state index in [-0.39, 0.29) is 23.9 Å². The summed E-state index contributed by atoms with van der Waals surface area (Å²) in [6.45, 7) is -0.790. The van der Waals surface area contributed by atoms with E-state index < -0.39 is 60.7 Å². The van der Waals surface area contributed by atoms with Crippen LogP contribution in [0.15, 0.2) is 53.4 Å². The van der Waals surface area contributed by atoms with Crippen molar-refractivity contribution < 1.29 is 43.2 Å². The minimum Gasteiger partial charge on any atom is -0.284 e. The molecule has 0 unspecified atom stereocenters. The first-order chi connectivity index (χ1) is 13.6. The maximum absolute atomic E-state index is 12.9. The summed E-state index contributed by atoms with van der Waals surface area (Å²) in [5.41, 5.74) is -3.43. The van der Waals surface area contributed by atoms with Crippen molar-refractivity contribution in [2.45, 2.75) is 17.2 Å². The molecule has 0 amide bonds. The number of hydrogen-bond acceptors (Lipinski definition) is 4. The Morgan fingerprint density at radius 1 is 0.767 bits per heavy atom. The third-order valence-electron chi connectivity index (χ3n) is 3.58. The molecule has 2 aromatic rings. The first-order valence-corrected chi connectivity index (χ1v) is 11.1. The molecule has 166 valence electrons. The van der Waals surface area contributed by atoms with Gasteiger partial charge in [-0.15, -0.1) is 0 Å². The van der Waals surface area contributed by atoms with Gasteiger partial charge in [0.15, 0.2) is 0 Å². The van der Waals surface area contributed by atoms with Crippen LogP contribution in [0.25, 0.3) is 0 Å². The molecular formula is C16H14F6N2O4S2. The fraction of sp³-hybridized carbons (Fsp3) is 0.250. The fourth-order valence-corrected chi connectivity index (χ4v) is 4.41. The number of alkyl halides is 6. The number of halogens is 6. The molecule has 0 saturated heterocycles. The number of para-hydroxylation sites is 1. The van der Waals surface area contributed by atoms with E-state index in [0.717, 1.165) is 0 Å². The van der Waals surface area contributed by atoms with Crippen molar-refractivity contribution in [1.29, 1.82) is 0 Å². The molecule has 14 heteroatoms. The van der Waals surface area contributed by atoms with Gasteiger partial charge in [-0.05, 0) is 30.3 Å². The summed E-state index contributed by atoms with van der Waals surface area (Å²) in [5.74, 6) is -0.813. The van der Waals surface area contributed by atoms with Gasteiger partial charge < -0.3 is 0 Å². The van der Waals surface area contributed by atoms with E-state index >= 15 is 0 Å². The summed E-state index contributed by atoms with van der Waals surface area (Å²) >= 11 is 0. The fourth-order valence-electron chi connectivity index (χ4n) is 2.21. The Morgan fingerprint density at radius 2 is 1.27 bits per heavy atom. The molecule has 0 aromatic heterocycles. The van der Waals surface area contributed by atoms with Crippen molar-refractivity contribution in [1.82, 2.24) is 4.72 Å². The highest BCUT2D eigenvalue weighted by Crippen LogP contribution is 2.37. The van der Waals surface area contributed by atoms with Gasteiger partial charge in [0.05, 0.1) is 21.8 Å². The molecule has 0 aliphatic carbocycles. The van der Waals surface area contributed by atoms with Crippen LogP contribution >= 0.6 is 0 Å². The van der Waals surface area contributed by atoms with Crippen LogP contribution < -0.4 is 9.44 Å². The molecular weight excluding hydrogens is 462 g/mol. The number of hydrogen-bond donors (Lipinski definition) is 2. The third kappa shape index (κ3) is 6.60. The van der Waals surface area contributed by atoms with Crippen molar-refractivity contribution in [3.05, 3.63) is 59.7 Å². The van der Waals surface area contributed by atoms with Crippen LogP contribution in [-0.2, 0) is 32.4 Å². The van der Waals surface area contributed by atoms with Gasteiger partial charge in [0.25, 0.3) is 0 Å². The van der Waals surface area contributed by atoms with Gasteiger partial charge in [0.2, 0.25) is 20.0 Å². The summed E-state index contributed by atoms with van der Waals surface area (Å²) < 4.78 is 129. The number of nitrogens with one attached hydrogen (secondary N) is 2. The van der Waals surface area contributed by atoms with Crippen molar-refractivity contribution in [3.63, 3.8) is 0 Å². The monoisotopic (exact) mass is 476 g/mol. The summed E-state index contributed by atoms with van der Waals surface area (Å²) in [7, 11) is -8.90. The molecule has 0 aliphatic heterocycles. The molecule has 0 saturated carbocycles. The second-order valence-corrected chi connectivity index (χ2v) is 9.54. The van der Waals surface area contributed by atoms with Gasteiger partial charge in [-0.3, -0.25) is 4.72 Å². The van der Waals surface area contributed by atoms with Gasteiger partial charge in [-0.2, -0.15) is 26.3 Å². The zero-order chi connectivity index (χ0) is 22.8. The van der Waals surface area contributed by atoms with Crippen molar-refractivity contribution >= 4 is 25.7 Å². The van der Waals surface area contributed by atoms with E-state index in [1.54, 1.807) is 10.8 Å². The Morgan fingerprint density at radius 3 is 1.73 bits per heavy atom. The number of benzene rings is 2. The Labute approximate surface area is 168 Å². The quantitative estimate of drug-likeness (QED) is 0.599. The first-order valence-electron chi connectivity index (χ1n) is 7.95. The first kappa shape index (κ1) is 24.0. The molecule has 0 fully saturated rings. The minimum absolute atomic E-state index is 0.0360. The predicted octanol–water partition coefficient (Wildman–Crippen LogP) is 3.44. The third-order valence-corrected chi connectivity index (χ3v) is 6.31. The Balaban J connectivity index is 2.21. The predicted molar refractivity (Wildman–Crippen MR) is 95.5 cm³/mol. The molecule has 0 heterocycles. The molecule has 0 radical (unpaired) electrons. The molecule has 2 rings (SSSR count). The zero-order valence-corrected chi connectivity index (χ0v) is 16.4. The maximum Gasteiger partial charge on any atom is 0.416 e. The Hall–Kier alpha value is -2.32. The summed E-state index contributed by atoms with van der Waals surface area (Å²) in [6.07, 6.45) is -10.5. The van der Waals surface area contributed by atoms with Crippen LogP contribution in [-0.4, -0.2) is 29.1 Å². The van der Waals surface area contributed by atoms with Crippen molar-refractivity contribution in [3.8, 4) is 0 Å². The van der Waals surface area contributed by atoms with Gasteiger partial charge in [0.1, 0.15) is 0 Å². The van der Waals surface area contributed by atoms with E-state index in [1.165, 1.54) is 24.3 Å². The minimum atomic E-state index is -5.23. The molecule has 2 aromatic carbocycles. The van der Waals surface area contributed by atoms with E-state index in [4.69, 9.17) is 0 Å². The second kappa shape index (κ2) is 8.43. The maximum atomic E-state index is 12.9. The molecule has 0 spiro atoms. The molecule has 30 heavy (non-hydrogen) atoms. The summed E-state index contributed by atoms with van der Waals surface area (Å²) in [6, 6.07) is 7.39. The standard InChI is InChI=1S/C16H14F6N2O4S2/c17-15(18,19)11-8-12(16(20,21)22)10-14(9-11)30(27,28)23-6-7-29(25,26)24-13-4-2-1-3-5-13/h1-5,8-10,23-24H,6-7H2. The molecule has 6 nitrogen and oxygen atoms in total. The molecule has 2 N–H and O–H groups in total. The van der Waals surface area contributed by atoms with E-state index in [2.05, 4.69) is 4.72 Å². The van der Waals surface area contributed by atoms with Crippen LogP contribution in [0.1, 0.15) is 11.1 Å². The van der Waals surface area contributed by atoms with Gasteiger partial charge in [-0.25, -0.2) is 21.6 Å². The lowest BCUT2D eigenvalue weighted by atomic mass is 10.1. The lowest BCUT2D eigenvalue weighted by molar-refractivity contribution is -0.143. The van der Waals surface area contributed by atoms with Crippen molar-refractivity contribution in [2.75, 3.05) is 17.0 Å². The van der Waals surface area contributed by atoms with Gasteiger partial charge >= 0.3 is 12.4 Å². The zero-order valence-electron chi connectivity index (χ0n) is 14.8. The van der Waals surface area contributed by atoms with E-state index in [9.17, 15) is 43.2 Å². The van der Waals surface area contributed by atoms with Gasteiger partial charge in [-0.1, -0.05) is 18.2 Å². The lowest BCUT2D eigenvalue weighted by Crippen LogP contribution is -2.31.